The first-order valence-corrected chi connectivity index (χ1v) is 44.2. The van der Waals surface area contributed by atoms with E-state index in [4.69, 9.17) is 37.0 Å². The lowest BCUT2D eigenvalue weighted by Crippen LogP contribution is -2.30. The first kappa shape index (κ1) is 97.1. The third-order valence-electron chi connectivity index (χ3n) is 18.9. The van der Waals surface area contributed by atoms with Crippen molar-refractivity contribution in [2.75, 3.05) is 39.6 Å². The zero-order chi connectivity index (χ0) is 73.1. The van der Waals surface area contributed by atoms with E-state index >= 15 is 0 Å². The lowest BCUT2D eigenvalue weighted by molar-refractivity contribution is -0.161. The molecule has 3 unspecified atom stereocenters. The van der Waals surface area contributed by atoms with E-state index in [9.17, 15) is 43.2 Å². The van der Waals surface area contributed by atoms with Crippen LogP contribution in [0.4, 0.5) is 0 Å². The van der Waals surface area contributed by atoms with Gasteiger partial charge >= 0.3 is 39.5 Å². The minimum Gasteiger partial charge on any atom is -0.462 e. The van der Waals surface area contributed by atoms with Crippen molar-refractivity contribution in [1.29, 1.82) is 0 Å². The van der Waals surface area contributed by atoms with Gasteiger partial charge in [0.1, 0.15) is 19.3 Å². The Bertz CT molecular complexity index is 1940. The number of hydrogen-bond acceptors (Lipinski definition) is 15. The fourth-order valence-corrected chi connectivity index (χ4v) is 13.8. The topological polar surface area (TPSA) is 237 Å². The second-order valence-corrected chi connectivity index (χ2v) is 33.4. The summed E-state index contributed by atoms with van der Waals surface area (Å²) < 4.78 is 68.7. The molecule has 0 aliphatic rings. The number of aliphatic hydroxyl groups excluding tert-OH is 1. The fourth-order valence-electron chi connectivity index (χ4n) is 12.2. The molecule has 0 heterocycles. The maximum absolute atomic E-state index is 13.1. The van der Waals surface area contributed by atoms with Gasteiger partial charge in [-0.3, -0.25) is 37.3 Å². The number of ether oxygens (including phenoxy) is 4. The number of aliphatic hydroxyl groups is 1. The monoisotopic (exact) mass is 1450 g/mol. The zero-order valence-corrected chi connectivity index (χ0v) is 66.9. The van der Waals surface area contributed by atoms with Crippen LogP contribution in [0.25, 0.3) is 0 Å². The highest BCUT2D eigenvalue weighted by molar-refractivity contribution is 7.47. The first-order chi connectivity index (χ1) is 47.6. The molecule has 6 atom stereocenters. The van der Waals surface area contributed by atoms with Crippen LogP contribution in [0.2, 0.25) is 0 Å². The molecule has 0 radical (unpaired) electrons. The van der Waals surface area contributed by atoms with Gasteiger partial charge in [-0.15, -0.1) is 0 Å². The van der Waals surface area contributed by atoms with E-state index in [0.717, 1.165) is 114 Å². The molecule has 0 aromatic heterocycles. The quantitative estimate of drug-likeness (QED) is 0.0222. The van der Waals surface area contributed by atoms with Crippen molar-refractivity contribution in [1.82, 2.24) is 0 Å². The predicted molar refractivity (Wildman–Crippen MR) is 404 cm³/mol. The van der Waals surface area contributed by atoms with Crippen LogP contribution in [-0.4, -0.2) is 96.7 Å². The Labute approximate surface area is 607 Å². The normalized spacial score (nSPS) is 14.3. The van der Waals surface area contributed by atoms with Gasteiger partial charge in [-0.25, -0.2) is 9.13 Å². The van der Waals surface area contributed by atoms with E-state index in [1.54, 1.807) is 0 Å². The van der Waals surface area contributed by atoms with Gasteiger partial charge in [0.2, 0.25) is 0 Å². The summed E-state index contributed by atoms with van der Waals surface area (Å²) in [5, 5.41) is 10.6. The predicted octanol–water partition coefficient (Wildman–Crippen LogP) is 23.6. The van der Waals surface area contributed by atoms with Crippen LogP contribution in [0.3, 0.4) is 0 Å². The SMILES string of the molecule is CCC(C)CCCCCCCCCCC(=O)OC[C@H](COP(=O)(O)OC[C@H](O)COP(=O)(O)OC[C@@H](COC(=O)CCCCCCCCCCCCC(C)C)OC(=O)CCCCCCCCCCCCCCCCCCCCC(C)C)OC(=O)CCCCCCCCCCCCC(C)C. The number of unbranched alkanes of at least 4 members (excludes halogenated alkanes) is 42. The van der Waals surface area contributed by atoms with E-state index in [-0.39, 0.29) is 25.7 Å². The molecule has 3 N–H and O–H groups in total. The standard InChI is InChI=1S/C80H156O17P2/c1-9-73(8)59-51-43-35-30-31-37-45-53-61-78(83)91-67-76(97-80(85)63-55-47-39-29-23-21-26-34-42-50-58-72(6)7)69-95-99(88,89)93-65-74(81)64-92-98(86,87)94-68-75(66-90-77(82)60-52-44-36-27-22-20-25-33-41-49-57-71(4)5)96-79(84)62-54-46-38-28-19-17-15-13-11-10-12-14-16-18-24-32-40-48-56-70(2)3/h70-76,81H,9-69H2,1-8H3,(H,86,87)(H,88,89)/t73?,74-,75-,76-/m1/s1. The Balaban J connectivity index is 5.23. The number of hydrogen-bond donors (Lipinski definition) is 3. The van der Waals surface area contributed by atoms with Crippen LogP contribution >= 0.6 is 15.6 Å². The van der Waals surface area contributed by atoms with Gasteiger partial charge in [0, 0.05) is 25.7 Å². The molecule has 0 amide bonds. The third-order valence-corrected chi connectivity index (χ3v) is 20.8. The molecule has 0 aromatic rings. The molecule has 0 aliphatic carbocycles. The average molecular weight is 1450 g/mol. The van der Waals surface area contributed by atoms with Gasteiger partial charge in [0.15, 0.2) is 12.2 Å². The smallest absolute Gasteiger partial charge is 0.462 e. The van der Waals surface area contributed by atoms with Crippen LogP contribution in [0, 0.1) is 23.7 Å². The molecule has 99 heavy (non-hydrogen) atoms. The maximum atomic E-state index is 13.1. The highest BCUT2D eigenvalue weighted by Gasteiger charge is 2.30. The van der Waals surface area contributed by atoms with Crippen molar-refractivity contribution in [3.8, 4) is 0 Å². The zero-order valence-electron chi connectivity index (χ0n) is 65.1. The van der Waals surface area contributed by atoms with Gasteiger partial charge in [0.25, 0.3) is 0 Å². The van der Waals surface area contributed by atoms with Gasteiger partial charge in [-0.05, 0) is 49.4 Å². The highest BCUT2D eigenvalue weighted by atomic mass is 31.2. The molecule has 0 saturated heterocycles. The van der Waals surface area contributed by atoms with Crippen LogP contribution < -0.4 is 0 Å². The molecule has 0 saturated carbocycles. The number of rotatable bonds is 77. The van der Waals surface area contributed by atoms with E-state index in [0.29, 0.717) is 25.7 Å². The van der Waals surface area contributed by atoms with Gasteiger partial charge < -0.3 is 33.8 Å². The van der Waals surface area contributed by atoms with E-state index in [1.165, 1.54) is 212 Å². The number of carbonyl (C=O) groups is 4. The molecule has 0 spiro atoms. The molecular formula is C80H156O17P2. The molecule has 19 heteroatoms. The van der Waals surface area contributed by atoms with Crippen molar-refractivity contribution in [3.05, 3.63) is 0 Å². The van der Waals surface area contributed by atoms with Crippen molar-refractivity contribution >= 4 is 39.5 Å². The number of phosphoric ester groups is 2. The van der Waals surface area contributed by atoms with Crippen LogP contribution in [0.1, 0.15) is 409 Å². The molecule has 0 bridgehead atoms. The van der Waals surface area contributed by atoms with E-state index in [1.807, 2.05) is 0 Å². The molecule has 588 valence electrons. The second-order valence-electron chi connectivity index (χ2n) is 30.5. The third kappa shape index (κ3) is 72.8. The van der Waals surface area contributed by atoms with Crippen molar-refractivity contribution in [2.45, 2.75) is 427 Å². The summed E-state index contributed by atoms with van der Waals surface area (Å²) in [6, 6.07) is 0. The lowest BCUT2D eigenvalue weighted by atomic mass is 9.99. The molecule has 0 aromatic carbocycles. The number of carbonyl (C=O) groups excluding carboxylic acids is 4. The molecule has 0 rings (SSSR count). The average Bonchev–Trinajstić information content (AvgIpc) is 1.21. The van der Waals surface area contributed by atoms with Crippen molar-refractivity contribution in [2.24, 2.45) is 23.7 Å². The summed E-state index contributed by atoms with van der Waals surface area (Å²) in [5.41, 5.74) is 0. The molecular weight excluding hydrogens is 1290 g/mol. The Morgan fingerprint density at radius 3 is 0.717 bits per heavy atom. The minimum absolute atomic E-state index is 0.105. The van der Waals surface area contributed by atoms with Gasteiger partial charge in [0.05, 0.1) is 26.4 Å². The van der Waals surface area contributed by atoms with Crippen LogP contribution in [-0.2, 0) is 65.4 Å². The second kappa shape index (κ2) is 69.1. The van der Waals surface area contributed by atoms with E-state index < -0.39 is 97.5 Å². The molecule has 0 fully saturated rings. The van der Waals surface area contributed by atoms with Gasteiger partial charge in [-0.1, -0.05) is 357 Å². The van der Waals surface area contributed by atoms with Crippen molar-refractivity contribution < 1.29 is 80.2 Å². The Morgan fingerprint density at radius 1 is 0.283 bits per heavy atom. The lowest BCUT2D eigenvalue weighted by Gasteiger charge is -2.21. The minimum atomic E-state index is -4.96. The Morgan fingerprint density at radius 2 is 0.485 bits per heavy atom. The Hall–Kier alpha value is -1.94. The first-order valence-electron chi connectivity index (χ1n) is 41.2. The van der Waals surface area contributed by atoms with Crippen molar-refractivity contribution in [3.63, 3.8) is 0 Å². The number of phosphoric acid groups is 2. The maximum Gasteiger partial charge on any atom is 0.472 e. The largest absolute Gasteiger partial charge is 0.472 e. The molecule has 17 nitrogen and oxygen atoms in total. The summed E-state index contributed by atoms with van der Waals surface area (Å²) in [7, 11) is -9.92. The van der Waals surface area contributed by atoms with E-state index in [2.05, 4.69) is 55.4 Å². The highest BCUT2D eigenvalue weighted by Crippen LogP contribution is 2.45. The summed E-state index contributed by atoms with van der Waals surface area (Å²) in [6.45, 7) is 14.3. The number of esters is 4. The summed E-state index contributed by atoms with van der Waals surface area (Å²) in [4.78, 5) is 73.0. The van der Waals surface area contributed by atoms with Crippen LogP contribution in [0.5, 0.6) is 0 Å². The summed E-state index contributed by atoms with van der Waals surface area (Å²) in [5.74, 6) is 0.992. The summed E-state index contributed by atoms with van der Waals surface area (Å²) in [6.07, 6.45) is 55.5. The van der Waals surface area contributed by atoms with Crippen LogP contribution in [0.15, 0.2) is 0 Å². The van der Waals surface area contributed by atoms with Gasteiger partial charge in [-0.2, -0.15) is 0 Å². The molecule has 0 aliphatic heterocycles. The fraction of sp³-hybridized carbons (Fsp3) is 0.950. The Kier molecular flexibility index (Phi) is 67.8. The summed E-state index contributed by atoms with van der Waals surface area (Å²) >= 11 is 0.